The summed E-state index contributed by atoms with van der Waals surface area (Å²) in [7, 11) is 0. The minimum atomic E-state index is -0.0266. The van der Waals surface area contributed by atoms with E-state index in [1.165, 1.54) is 141 Å². The van der Waals surface area contributed by atoms with Crippen molar-refractivity contribution in [3.63, 3.8) is 0 Å². The van der Waals surface area contributed by atoms with E-state index in [4.69, 9.17) is 9.47 Å². The summed E-state index contributed by atoms with van der Waals surface area (Å²) in [5.41, 5.74) is 0.00628. The Morgan fingerprint density at radius 3 is 1.56 bits per heavy atom. The van der Waals surface area contributed by atoms with E-state index in [2.05, 4.69) is 39.5 Å². The van der Waals surface area contributed by atoms with Crippen molar-refractivity contribution in [3.8, 4) is 0 Å². The molecule has 0 unspecified atom stereocenters. The fourth-order valence-corrected chi connectivity index (χ4v) is 7.26. The maximum absolute atomic E-state index is 12.9. The van der Waals surface area contributed by atoms with E-state index < -0.39 is 0 Å². The molecule has 0 aromatic rings. The number of hydrogen-bond acceptors (Lipinski definition) is 6. The Labute approximate surface area is 324 Å². The number of aliphatic hydroxyl groups is 1. The first-order valence-electron chi connectivity index (χ1n) is 22.9. The predicted molar refractivity (Wildman–Crippen MR) is 223 cm³/mol. The van der Waals surface area contributed by atoms with E-state index >= 15 is 0 Å². The quantitative estimate of drug-likeness (QED) is 0.0497. The van der Waals surface area contributed by atoms with Crippen LogP contribution in [0.4, 0.5) is 0 Å². The van der Waals surface area contributed by atoms with Crippen LogP contribution in [0.15, 0.2) is 0 Å². The number of esters is 2. The minimum absolute atomic E-state index is 0.00628. The van der Waals surface area contributed by atoms with Crippen LogP contribution in [0, 0.1) is 11.3 Å². The summed E-state index contributed by atoms with van der Waals surface area (Å²) in [5.74, 6) is 0.463. The second-order valence-corrected chi connectivity index (χ2v) is 16.9. The molecule has 52 heavy (non-hydrogen) atoms. The predicted octanol–water partition coefficient (Wildman–Crippen LogP) is 13.2. The molecular formula is C46H91NO5. The van der Waals surface area contributed by atoms with Crippen LogP contribution in [0.5, 0.6) is 0 Å². The molecule has 0 aromatic heterocycles. The summed E-state index contributed by atoms with van der Waals surface area (Å²) in [6.45, 7) is 15.7. The summed E-state index contributed by atoms with van der Waals surface area (Å²) >= 11 is 0. The van der Waals surface area contributed by atoms with Crippen LogP contribution in [0.3, 0.4) is 0 Å². The highest BCUT2D eigenvalue weighted by molar-refractivity contribution is 5.69. The lowest BCUT2D eigenvalue weighted by Gasteiger charge is -2.25. The van der Waals surface area contributed by atoms with Gasteiger partial charge in [-0.25, -0.2) is 0 Å². The van der Waals surface area contributed by atoms with E-state index in [-0.39, 0.29) is 24.0 Å². The van der Waals surface area contributed by atoms with Gasteiger partial charge >= 0.3 is 11.9 Å². The summed E-state index contributed by atoms with van der Waals surface area (Å²) in [6, 6.07) is 0. The van der Waals surface area contributed by atoms with Gasteiger partial charge in [-0.05, 0) is 75.8 Å². The van der Waals surface area contributed by atoms with Gasteiger partial charge in [-0.3, -0.25) is 9.59 Å². The lowest BCUT2D eigenvalue weighted by Crippen LogP contribution is -2.28. The van der Waals surface area contributed by atoms with Crippen LogP contribution in [0.25, 0.3) is 0 Å². The SMILES string of the molecule is CCCCCCCCCOC(=O)CCCCCCCN(CCCO)CCCCCC(C)(C)COC(=O)CC(CCCCCCC)CCCCCCC. The minimum Gasteiger partial charge on any atom is -0.466 e. The van der Waals surface area contributed by atoms with Crippen molar-refractivity contribution in [2.24, 2.45) is 11.3 Å². The second-order valence-electron chi connectivity index (χ2n) is 16.9. The monoisotopic (exact) mass is 738 g/mol. The van der Waals surface area contributed by atoms with Crippen molar-refractivity contribution in [1.82, 2.24) is 4.90 Å². The zero-order valence-corrected chi connectivity index (χ0v) is 35.8. The number of unbranched alkanes of at least 4 members (excludes halogenated alkanes) is 20. The third kappa shape index (κ3) is 35.9. The molecule has 0 bridgehead atoms. The Morgan fingerprint density at radius 2 is 1.00 bits per heavy atom. The van der Waals surface area contributed by atoms with Crippen molar-refractivity contribution < 1.29 is 24.2 Å². The Kier molecular flexibility index (Phi) is 37.3. The van der Waals surface area contributed by atoms with Crippen LogP contribution in [-0.2, 0) is 19.1 Å². The number of rotatable bonds is 41. The number of hydrogen-bond donors (Lipinski definition) is 1. The molecule has 0 amide bonds. The normalized spacial score (nSPS) is 11.9. The molecule has 0 aromatic carbocycles. The fourth-order valence-electron chi connectivity index (χ4n) is 7.26. The highest BCUT2D eigenvalue weighted by Gasteiger charge is 2.22. The Morgan fingerprint density at radius 1 is 0.538 bits per heavy atom. The van der Waals surface area contributed by atoms with Crippen LogP contribution in [-0.4, -0.2) is 61.4 Å². The maximum atomic E-state index is 12.9. The highest BCUT2D eigenvalue weighted by atomic mass is 16.5. The molecule has 0 aliphatic heterocycles. The van der Waals surface area contributed by atoms with Gasteiger partial charge in [-0.1, -0.05) is 169 Å². The van der Waals surface area contributed by atoms with Gasteiger partial charge in [0.2, 0.25) is 0 Å². The van der Waals surface area contributed by atoms with E-state index in [0.29, 0.717) is 32.0 Å². The van der Waals surface area contributed by atoms with E-state index in [0.717, 1.165) is 64.6 Å². The molecule has 0 radical (unpaired) electrons. The number of ether oxygens (including phenoxy) is 2. The molecule has 0 atom stereocenters. The second kappa shape index (κ2) is 38.1. The molecule has 0 spiro atoms. The van der Waals surface area contributed by atoms with Crippen molar-refractivity contribution in [1.29, 1.82) is 0 Å². The topological polar surface area (TPSA) is 76.1 Å². The smallest absolute Gasteiger partial charge is 0.306 e. The molecule has 0 fully saturated rings. The van der Waals surface area contributed by atoms with E-state index in [1.54, 1.807) is 0 Å². The molecule has 6 nitrogen and oxygen atoms in total. The summed E-state index contributed by atoms with van der Waals surface area (Å²) in [5, 5.41) is 9.42. The Balaban J connectivity index is 4.18. The molecule has 1 N–H and O–H groups in total. The highest BCUT2D eigenvalue weighted by Crippen LogP contribution is 2.26. The van der Waals surface area contributed by atoms with Crippen LogP contribution < -0.4 is 0 Å². The summed E-state index contributed by atoms with van der Waals surface area (Å²) in [6.07, 6.45) is 36.0. The average Bonchev–Trinajstić information content (AvgIpc) is 3.12. The molecule has 0 aliphatic carbocycles. The molecular weight excluding hydrogens is 647 g/mol. The van der Waals surface area contributed by atoms with Crippen molar-refractivity contribution >= 4 is 11.9 Å². The molecule has 0 saturated heterocycles. The standard InChI is InChI=1S/C46H91NO5/c1-6-9-12-15-16-22-30-40-51-44(49)34-26-20-17-21-28-36-47(38-31-39-48)37-29-23-27-35-46(4,5)42-52-45(50)41-43(32-24-18-13-10-7-2)33-25-19-14-11-8-3/h43,48H,6-42H2,1-5H3. The van der Waals surface area contributed by atoms with Crippen molar-refractivity contribution in [2.45, 2.75) is 234 Å². The number of aliphatic hydroxyl groups excluding tert-OH is 1. The summed E-state index contributed by atoms with van der Waals surface area (Å²) in [4.78, 5) is 27.5. The molecule has 6 heteroatoms. The van der Waals surface area contributed by atoms with Gasteiger partial charge in [0.1, 0.15) is 0 Å². The first-order valence-corrected chi connectivity index (χ1v) is 22.9. The third-order valence-electron chi connectivity index (χ3n) is 10.8. The van der Waals surface area contributed by atoms with Gasteiger partial charge in [0, 0.05) is 26.0 Å². The maximum Gasteiger partial charge on any atom is 0.306 e. The zero-order chi connectivity index (χ0) is 38.4. The Bertz CT molecular complexity index is 758. The first-order chi connectivity index (χ1) is 25.3. The van der Waals surface area contributed by atoms with E-state index in [9.17, 15) is 14.7 Å². The number of carbonyl (C=O) groups is 2. The Hall–Kier alpha value is -1.14. The van der Waals surface area contributed by atoms with Crippen LogP contribution in [0.2, 0.25) is 0 Å². The molecule has 0 rings (SSSR count). The van der Waals surface area contributed by atoms with Gasteiger partial charge in [0.25, 0.3) is 0 Å². The van der Waals surface area contributed by atoms with Gasteiger partial charge in [0.15, 0.2) is 0 Å². The molecule has 0 saturated carbocycles. The third-order valence-corrected chi connectivity index (χ3v) is 10.8. The van der Waals surface area contributed by atoms with Gasteiger partial charge in [0.05, 0.1) is 13.2 Å². The first kappa shape index (κ1) is 50.9. The lowest BCUT2D eigenvalue weighted by atomic mass is 9.87. The number of carbonyl (C=O) groups excluding carboxylic acids is 2. The summed E-state index contributed by atoms with van der Waals surface area (Å²) < 4.78 is 11.3. The average molecular weight is 738 g/mol. The van der Waals surface area contributed by atoms with Gasteiger partial charge in [-0.15, -0.1) is 0 Å². The van der Waals surface area contributed by atoms with Gasteiger partial charge < -0.3 is 19.5 Å². The molecule has 0 aliphatic rings. The molecule has 0 heterocycles. The molecule has 310 valence electrons. The lowest BCUT2D eigenvalue weighted by molar-refractivity contribution is -0.148. The zero-order valence-electron chi connectivity index (χ0n) is 35.8. The number of nitrogens with zero attached hydrogens (tertiary/aromatic N) is 1. The largest absolute Gasteiger partial charge is 0.466 e. The van der Waals surface area contributed by atoms with Crippen LogP contribution >= 0.6 is 0 Å². The van der Waals surface area contributed by atoms with Crippen molar-refractivity contribution in [3.05, 3.63) is 0 Å². The van der Waals surface area contributed by atoms with Gasteiger partial charge in [-0.2, -0.15) is 0 Å². The van der Waals surface area contributed by atoms with E-state index in [1.807, 2.05) is 0 Å². The fraction of sp³-hybridized carbons (Fsp3) is 0.957. The van der Waals surface area contributed by atoms with Crippen molar-refractivity contribution in [2.75, 3.05) is 39.5 Å². The van der Waals surface area contributed by atoms with Crippen LogP contribution in [0.1, 0.15) is 234 Å².